The molecule has 0 fully saturated rings. The molecule has 8 heteroatoms. The standard InChI is InChI=1S/C18H22FN3O3S/c1-12-10-15(19)6-9-17(12)26(24,25)21-16-7-4-14(5-8-16)18(23)22(3)13(2)11-20/h4-10,13,21H,11,20H2,1-3H3. The number of amides is 1. The number of halogens is 1. The van der Waals surface area contributed by atoms with Gasteiger partial charge in [-0.25, -0.2) is 12.8 Å². The Morgan fingerprint density at radius 3 is 2.38 bits per heavy atom. The van der Waals surface area contributed by atoms with Crippen LogP contribution in [0.1, 0.15) is 22.8 Å². The first kappa shape index (κ1) is 19.9. The lowest BCUT2D eigenvalue weighted by atomic mass is 10.1. The zero-order valence-corrected chi connectivity index (χ0v) is 15.7. The highest BCUT2D eigenvalue weighted by molar-refractivity contribution is 7.92. The molecule has 0 spiro atoms. The number of carbonyl (C=O) groups is 1. The Balaban J connectivity index is 2.20. The molecule has 3 N–H and O–H groups in total. The summed E-state index contributed by atoms with van der Waals surface area (Å²) in [6, 6.07) is 9.45. The van der Waals surface area contributed by atoms with Crippen LogP contribution in [0.15, 0.2) is 47.4 Å². The first-order valence-corrected chi connectivity index (χ1v) is 9.50. The van der Waals surface area contributed by atoms with Crippen molar-refractivity contribution < 1.29 is 17.6 Å². The average molecular weight is 379 g/mol. The zero-order valence-electron chi connectivity index (χ0n) is 14.9. The smallest absolute Gasteiger partial charge is 0.262 e. The van der Waals surface area contributed by atoms with E-state index in [-0.39, 0.29) is 16.8 Å². The van der Waals surface area contributed by atoms with Crippen molar-refractivity contribution in [2.24, 2.45) is 5.73 Å². The van der Waals surface area contributed by atoms with Crippen molar-refractivity contribution in [1.82, 2.24) is 4.90 Å². The molecule has 0 saturated carbocycles. The highest BCUT2D eigenvalue weighted by Crippen LogP contribution is 2.21. The van der Waals surface area contributed by atoms with Gasteiger partial charge in [-0.2, -0.15) is 0 Å². The summed E-state index contributed by atoms with van der Waals surface area (Å²) in [7, 11) is -2.20. The van der Waals surface area contributed by atoms with Crippen molar-refractivity contribution in [3.8, 4) is 0 Å². The normalized spacial score (nSPS) is 12.5. The van der Waals surface area contributed by atoms with Crippen LogP contribution >= 0.6 is 0 Å². The number of carbonyl (C=O) groups excluding carboxylic acids is 1. The highest BCUT2D eigenvalue weighted by atomic mass is 32.2. The minimum atomic E-state index is -3.86. The number of benzene rings is 2. The second kappa shape index (κ2) is 7.84. The lowest BCUT2D eigenvalue weighted by Gasteiger charge is -2.23. The van der Waals surface area contributed by atoms with E-state index >= 15 is 0 Å². The predicted molar refractivity (Wildman–Crippen MR) is 99.0 cm³/mol. The lowest BCUT2D eigenvalue weighted by Crippen LogP contribution is -2.39. The first-order valence-electron chi connectivity index (χ1n) is 8.02. The fraction of sp³-hybridized carbons (Fsp3) is 0.278. The van der Waals surface area contributed by atoms with E-state index in [0.717, 1.165) is 12.1 Å². The van der Waals surface area contributed by atoms with Gasteiger partial charge >= 0.3 is 0 Å². The van der Waals surface area contributed by atoms with Crippen molar-refractivity contribution in [3.63, 3.8) is 0 Å². The van der Waals surface area contributed by atoms with Crippen LogP contribution < -0.4 is 10.5 Å². The van der Waals surface area contributed by atoms with Crippen LogP contribution in [0.25, 0.3) is 0 Å². The third-order valence-electron chi connectivity index (χ3n) is 4.13. The van der Waals surface area contributed by atoms with Crippen LogP contribution in [-0.2, 0) is 10.0 Å². The molecule has 26 heavy (non-hydrogen) atoms. The molecular weight excluding hydrogens is 357 g/mol. The van der Waals surface area contributed by atoms with E-state index in [4.69, 9.17) is 5.73 Å². The third-order valence-corrected chi connectivity index (χ3v) is 5.67. The van der Waals surface area contributed by atoms with Gasteiger partial charge in [-0.1, -0.05) is 0 Å². The van der Waals surface area contributed by atoms with Gasteiger partial charge in [0.15, 0.2) is 0 Å². The summed E-state index contributed by atoms with van der Waals surface area (Å²) in [4.78, 5) is 13.9. The molecule has 0 aliphatic rings. The summed E-state index contributed by atoms with van der Waals surface area (Å²) in [5, 5.41) is 0. The molecule has 0 radical (unpaired) electrons. The van der Waals surface area contributed by atoms with Gasteiger partial charge in [0.1, 0.15) is 5.82 Å². The predicted octanol–water partition coefficient (Wildman–Crippen LogP) is 2.35. The molecule has 0 aliphatic heterocycles. The van der Waals surface area contributed by atoms with Gasteiger partial charge in [-0.3, -0.25) is 9.52 Å². The average Bonchev–Trinajstić information content (AvgIpc) is 2.59. The Hall–Kier alpha value is -2.45. The van der Waals surface area contributed by atoms with Gasteiger partial charge in [-0.05, 0) is 61.9 Å². The van der Waals surface area contributed by atoms with E-state index < -0.39 is 15.8 Å². The van der Waals surface area contributed by atoms with Crippen LogP contribution in [0.2, 0.25) is 0 Å². The van der Waals surface area contributed by atoms with Gasteiger partial charge in [0.2, 0.25) is 0 Å². The Labute approximate surface area is 152 Å². The van der Waals surface area contributed by atoms with Crippen molar-refractivity contribution in [3.05, 3.63) is 59.4 Å². The van der Waals surface area contributed by atoms with Crippen molar-refractivity contribution >= 4 is 21.6 Å². The SMILES string of the molecule is Cc1cc(F)ccc1S(=O)(=O)Nc1ccc(C(=O)N(C)C(C)CN)cc1. The molecule has 2 aromatic rings. The van der Waals surface area contributed by atoms with Crippen LogP contribution in [-0.4, -0.2) is 38.9 Å². The second-order valence-electron chi connectivity index (χ2n) is 6.09. The van der Waals surface area contributed by atoms with Gasteiger partial charge in [-0.15, -0.1) is 0 Å². The van der Waals surface area contributed by atoms with E-state index in [2.05, 4.69) is 4.72 Å². The molecule has 140 valence electrons. The molecule has 1 amide bonds. The molecule has 1 unspecified atom stereocenters. The monoisotopic (exact) mass is 379 g/mol. The first-order chi connectivity index (χ1) is 12.2. The Kier molecular flexibility index (Phi) is 5.99. The minimum absolute atomic E-state index is 0.00411. The van der Waals surface area contributed by atoms with Gasteiger partial charge in [0, 0.05) is 30.9 Å². The fourth-order valence-corrected chi connectivity index (χ4v) is 3.65. The fourth-order valence-electron chi connectivity index (χ4n) is 2.37. The van der Waals surface area contributed by atoms with Crippen LogP contribution in [0.3, 0.4) is 0 Å². The summed E-state index contributed by atoms with van der Waals surface area (Å²) in [5.41, 5.74) is 6.60. The Bertz CT molecular complexity index is 898. The maximum atomic E-state index is 13.2. The number of hydrogen-bond donors (Lipinski definition) is 2. The number of anilines is 1. The third kappa shape index (κ3) is 4.39. The summed E-state index contributed by atoms with van der Waals surface area (Å²) in [5.74, 6) is -0.702. The molecule has 6 nitrogen and oxygen atoms in total. The number of nitrogens with two attached hydrogens (primary N) is 1. The highest BCUT2D eigenvalue weighted by Gasteiger charge is 2.19. The van der Waals surface area contributed by atoms with E-state index in [0.29, 0.717) is 23.4 Å². The molecule has 2 aromatic carbocycles. The number of aryl methyl sites for hydroxylation is 1. The number of sulfonamides is 1. The summed E-state index contributed by atoms with van der Waals surface area (Å²) in [6.45, 7) is 3.70. The Morgan fingerprint density at radius 1 is 1.23 bits per heavy atom. The molecule has 1 atom stereocenters. The van der Waals surface area contributed by atoms with Gasteiger partial charge in [0.05, 0.1) is 4.90 Å². The molecule has 0 aromatic heterocycles. The van der Waals surface area contributed by atoms with E-state index in [9.17, 15) is 17.6 Å². The second-order valence-corrected chi connectivity index (χ2v) is 7.74. The largest absolute Gasteiger partial charge is 0.338 e. The summed E-state index contributed by atoms with van der Waals surface area (Å²) >= 11 is 0. The number of rotatable bonds is 6. The quantitative estimate of drug-likeness (QED) is 0.806. The van der Waals surface area contributed by atoms with Crippen LogP contribution in [0.5, 0.6) is 0 Å². The Morgan fingerprint density at radius 2 is 1.85 bits per heavy atom. The van der Waals surface area contributed by atoms with Crippen molar-refractivity contribution in [1.29, 1.82) is 0 Å². The zero-order chi connectivity index (χ0) is 19.5. The topological polar surface area (TPSA) is 92.5 Å². The van der Waals surface area contributed by atoms with Gasteiger partial charge < -0.3 is 10.6 Å². The van der Waals surface area contributed by atoms with E-state index in [1.807, 2.05) is 6.92 Å². The molecular formula is C18H22FN3O3S. The molecule has 0 saturated heterocycles. The lowest BCUT2D eigenvalue weighted by molar-refractivity contribution is 0.0748. The number of likely N-dealkylation sites (N-methyl/N-ethyl adjacent to an activating group) is 1. The number of nitrogens with one attached hydrogen (secondary N) is 1. The van der Waals surface area contributed by atoms with Crippen molar-refractivity contribution in [2.75, 3.05) is 18.3 Å². The number of hydrogen-bond acceptors (Lipinski definition) is 4. The number of nitrogens with zero attached hydrogens (tertiary/aromatic N) is 1. The van der Waals surface area contributed by atoms with E-state index in [1.165, 1.54) is 42.2 Å². The molecule has 2 rings (SSSR count). The molecule has 0 aliphatic carbocycles. The van der Waals surface area contributed by atoms with Crippen molar-refractivity contribution in [2.45, 2.75) is 24.8 Å². The molecule has 0 heterocycles. The van der Waals surface area contributed by atoms with Gasteiger partial charge in [0.25, 0.3) is 15.9 Å². The maximum absolute atomic E-state index is 13.2. The maximum Gasteiger partial charge on any atom is 0.262 e. The van der Waals surface area contributed by atoms with Crippen LogP contribution in [0, 0.1) is 12.7 Å². The van der Waals surface area contributed by atoms with Crippen LogP contribution in [0.4, 0.5) is 10.1 Å². The molecule has 0 bridgehead atoms. The summed E-state index contributed by atoms with van der Waals surface area (Å²) < 4.78 is 40.5. The van der Waals surface area contributed by atoms with E-state index in [1.54, 1.807) is 7.05 Å². The minimum Gasteiger partial charge on any atom is -0.338 e. The summed E-state index contributed by atoms with van der Waals surface area (Å²) in [6.07, 6.45) is 0.